The molecular formula is C13H15BrN2OS. The standard InChI is InChI=1S/C13H15BrN2OS/c1-9-5-11(14)4-3-10(9)8-18-13-15-6-12(7-17)16(13)2/h3-6,17H,7-8H2,1-2H3. The predicted molar refractivity (Wildman–Crippen MR) is 77.6 cm³/mol. The van der Waals surface area contributed by atoms with Crippen LogP contribution in [-0.2, 0) is 19.4 Å². The number of imidazole rings is 1. The average Bonchev–Trinajstić information content (AvgIpc) is 2.69. The minimum absolute atomic E-state index is 0.0291. The smallest absolute Gasteiger partial charge is 0.168 e. The van der Waals surface area contributed by atoms with E-state index in [-0.39, 0.29) is 6.61 Å². The van der Waals surface area contributed by atoms with Gasteiger partial charge in [-0.15, -0.1) is 0 Å². The van der Waals surface area contributed by atoms with Gasteiger partial charge >= 0.3 is 0 Å². The second kappa shape index (κ2) is 5.91. The Morgan fingerprint density at radius 1 is 1.44 bits per heavy atom. The summed E-state index contributed by atoms with van der Waals surface area (Å²) in [6.07, 6.45) is 1.72. The van der Waals surface area contributed by atoms with Crippen molar-refractivity contribution in [1.29, 1.82) is 0 Å². The monoisotopic (exact) mass is 326 g/mol. The first-order valence-electron chi connectivity index (χ1n) is 5.61. The van der Waals surface area contributed by atoms with E-state index in [0.717, 1.165) is 21.1 Å². The van der Waals surface area contributed by atoms with Gasteiger partial charge in [0, 0.05) is 17.3 Å². The van der Waals surface area contributed by atoms with Crippen molar-refractivity contribution >= 4 is 27.7 Å². The first kappa shape index (κ1) is 13.6. The number of aryl methyl sites for hydroxylation is 1. The maximum atomic E-state index is 9.12. The van der Waals surface area contributed by atoms with Crippen LogP contribution in [0.2, 0.25) is 0 Å². The van der Waals surface area contributed by atoms with Crippen molar-refractivity contribution in [3.8, 4) is 0 Å². The van der Waals surface area contributed by atoms with E-state index in [0.29, 0.717) is 0 Å². The van der Waals surface area contributed by atoms with Crippen LogP contribution in [0.3, 0.4) is 0 Å². The quantitative estimate of drug-likeness (QED) is 0.876. The van der Waals surface area contributed by atoms with Crippen molar-refractivity contribution in [1.82, 2.24) is 9.55 Å². The molecule has 0 fully saturated rings. The third-order valence-electron chi connectivity index (χ3n) is 2.87. The molecule has 0 spiro atoms. The Bertz CT molecular complexity index is 554. The normalized spacial score (nSPS) is 10.9. The van der Waals surface area contributed by atoms with E-state index >= 15 is 0 Å². The van der Waals surface area contributed by atoms with Crippen LogP contribution in [0.5, 0.6) is 0 Å². The molecule has 18 heavy (non-hydrogen) atoms. The number of aliphatic hydroxyl groups excluding tert-OH is 1. The van der Waals surface area contributed by atoms with Crippen molar-refractivity contribution < 1.29 is 5.11 Å². The van der Waals surface area contributed by atoms with E-state index in [2.05, 4.69) is 46.0 Å². The van der Waals surface area contributed by atoms with Crippen LogP contribution in [0, 0.1) is 6.92 Å². The second-order valence-corrected chi connectivity index (χ2v) is 5.97. The number of nitrogens with zero attached hydrogens (tertiary/aromatic N) is 2. The summed E-state index contributed by atoms with van der Waals surface area (Å²) < 4.78 is 3.03. The van der Waals surface area contributed by atoms with Crippen LogP contribution in [-0.4, -0.2) is 14.7 Å². The molecule has 96 valence electrons. The summed E-state index contributed by atoms with van der Waals surface area (Å²) in [5, 5.41) is 10.0. The summed E-state index contributed by atoms with van der Waals surface area (Å²) >= 11 is 5.15. The molecule has 0 aliphatic carbocycles. The van der Waals surface area contributed by atoms with Gasteiger partial charge in [0.05, 0.1) is 18.5 Å². The zero-order valence-corrected chi connectivity index (χ0v) is 12.8. The van der Waals surface area contributed by atoms with Crippen molar-refractivity contribution in [3.05, 3.63) is 45.7 Å². The van der Waals surface area contributed by atoms with Crippen LogP contribution < -0.4 is 0 Å². The van der Waals surface area contributed by atoms with Crippen LogP contribution in [0.1, 0.15) is 16.8 Å². The summed E-state index contributed by atoms with van der Waals surface area (Å²) in [5.74, 6) is 0.884. The van der Waals surface area contributed by atoms with E-state index in [4.69, 9.17) is 5.11 Å². The fourth-order valence-electron chi connectivity index (χ4n) is 1.67. The number of hydrogen-bond donors (Lipinski definition) is 1. The van der Waals surface area contributed by atoms with E-state index in [9.17, 15) is 0 Å². The summed E-state index contributed by atoms with van der Waals surface area (Å²) in [7, 11) is 1.93. The molecule has 0 bridgehead atoms. The molecule has 2 aromatic rings. The van der Waals surface area contributed by atoms with Crippen LogP contribution >= 0.6 is 27.7 Å². The highest BCUT2D eigenvalue weighted by Crippen LogP contribution is 2.25. The third kappa shape index (κ3) is 2.96. The molecule has 1 N–H and O–H groups in total. The number of aromatic nitrogens is 2. The third-order valence-corrected chi connectivity index (χ3v) is 4.45. The lowest BCUT2D eigenvalue weighted by Crippen LogP contribution is -1.97. The Morgan fingerprint density at radius 3 is 2.83 bits per heavy atom. The minimum Gasteiger partial charge on any atom is -0.390 e. The number of benzene rings is 1. The predicted octanol–water partition coefficient (Wildman–Crippen LogP) is 3.28. The SMILES string of the molecule is Cc1cc(Br)ccc1CSc1ncc(CO)n1C. The van der Waals surface area contributed by atoms with E-state index < -0.39 is 0 Å². The molecule has 1 aromatic heterocycles. The highest BCUT2D eigenvalue weighted by atomic mass is 79.9. The fraction of sp³-hybridized carbons (Fsp3) is 0.308. The number of rotatable bonds is 4. The summed E-state index contributed by atoms with van der Waals surface area (Å²) in [6.45, 7) is 2.14. The van der Waals surface area contributed by atoms with Gasteiger partial charge in [-0.25, -0.2) is 4.98 Å². The molecule has 0 aliphatic heterocycles. The van der Waals surface area contributed by atoms with Gasteiger partial charge in [-0.2, -0.15) is 0 Å². The maximum Gasteiger partial charge on any atom is 0.168 e. The molecular weight excluding hydrogens is 312 g/mol. The zero-order chi connectivity index (χ0) is 13.1. The highest BCUT2D eigenvalue weighted by Gasteiger charge is 2.07. The van der Waals surface area contributed by atoms with Crippen molar-refractivity contribution in [2.24, 2.45) is 7.05 Å². The van der Waals surface area contributed by atoms with Crippen LogP contribution in [0.15, 0.2) is 34.0 Å². The first-order chi connectivity index (χ1) is 8.61. The van der Waals surface area contributed by atoms with Crippen LogP contribution in [0.4, 0.5) is 0 Å². The molecule has 0 saturated carbocycles. The largest absolute Gasteiger partial charge is 0.390 e. The molecule has 0 unspecified atom stereocenters. The molecule has 5 heteroatoms. The Kier molecular flexibility index (Phi) is 4.48. The molecule has 1 heterocycles. The lowest BCUT2D eigenvalue weighted by Gasteiger charge is -2.07. The van der Waals surface area contributed by atoms with Crippen LogP contribution in [0.25, 0.3) is 0 Å². The molecule has 3 nitrogen and oxygen atoms in total. The molecule has 2 rings (SSSR count). The first-order valence-corrected chi connectivity index (χ1v) is 7.39. The van der Waals surface area contributed by atoms with Gasteiger partial charge in [0.25, 0.3) is 0 Å². The molecule has 0 radical (unpaired) electrons. The van der Waals surface area contributed by atoms with Gasteiger partial charge in [-0.05, 0) is 30.2 Å². The molecule has 0 aliphatic rings. The topological polar surface area (TPSA) is 38.1 Å². The van der Waals surface area contributed by atoms with E-state index in [1.165, 1.54) is 11.1 Å². The summed E-state index contributed by atoms with van der Waals surface area (Å²) in [6, 6.07) is 6.30. The van der Waals surface area contributed by atoms with Gasteiger partial charge in [-0.3, -0.25) is 0 Å². The summed E-state index contributed by atoms with van der Waals surface area (Å²) in [5.41, 5.74) is 3.41. The van der Waals surface area contributed by atoms with Gasteiger partial charge in [0.1, 0.15) is 0 Å². The number of halogens is 1. The van der Waals surface area contributed by atoms with Crippen molar-refractivity contribution in [2.45, 2.75) is 24.4 Å². The Morgan fingerprint density at radius 2 is 2.22 bits per heavy atom. The highest BCUT2D eigenvalue weighted by molar-refractivity contribution is 9.10. The zero-order valence-electron chi connectivity index (χ0n) is 10.4. The lowest BCUT2D eigenvalue weighted by molar-refractivity contribution is 0.271. The van der Waals surface area contributed by atoms with Gasteiger partial charge in [-0.1, -0.05) is 33.8 Å². The second-order valence-electron chi connectivity index (χ2n) is 4.11. The number of thioether (sulfide) groups is 1. The Balaban J connectivity index is 2.09. The maximum absolute atomic E-state index is 9.12. The van der Waals surface area contributed by atoms with Crippen molar-refractivity contribution in [3.63, 3.8) is 0 Å². The van der Waals surface area contributed by atoms with Gasteiger partial charge < -0.3 is 9.67 Å². The minimum atomic E-state index is 0.0291. The number of aliphatic hydroxyl groups is 1. The Hall–Kier alpha value is -0.780. The molecule has 0 atom stereocenters. The fourth-order valence-corrected chi connectivity index (χ4v) is 3.19. The average molecular weight is 327 g/mol. The lowest BCUT2D eigenvalue weighted by atomic mass is 10.1. The van der Waals surface area contributed by atoms with Gasteiger partial charge in [0.15, 0.2) is 5.16 Å². The van der Waals surface area contributed by atoms with Crippen molar-refractivity contribution in [2.75, 3.05) is 0 Å². The summed E-state index contributed by atoms with van der Waals surface area (Å²) in [4.78, 5) is 4.31. The molecule has 0 saturated heterocycles. The molecule has 0 amide bonds. The van der Waals surface area contributed by atoms with E-state index in [1.54, 1.807) is 18.0 Å². The Labute approximate surface area is 119 Å². The number of hydrogen-bond acceptors (Lipinski definition) is 3. The molecule has 1 aromatic carbocycles. The van der Waals surface area contributed by atoms with E-state index in [1.807, 2.05) is 11.6 Å². The van der Waals surface area contributed by atoms with Gasteiger partial charge in [0.2, 0.25) is 0 Å².